The van der Waals surface area contributed by atoms with E-state index in [2.05, 4.69) is 65.5 Å². The van der Waals surface area contributed by atoms with Crippen LogP contribution in [0.5, 0.6) is 5.75 Å². The number of aromatic nitrogens is 3. The number of nitrogens with zero attached hydrogens (tertiary/aromatic N) is 4. The van der Waals surface area contributed by atoms with Gasteiger partial charge in [0, 0.05) is 38.2 Å². The molecule has 1 aliphatic rings. The molecular formula is C30H34N4O3. The van der Waals surface area contributed by atoms with Crippen LogP contribution in [-0.2, 0) is 24.9 Å². The summed E-state index contributed by atoms with van der Waals surface area (Å²) in [5, 5.41) is 18.3. The Morgan fingerprint density at radius 2 is 1.97 bits per heavy atom. The Kier molecular flexibility index (Phi) is 6.98. The van der Waals surface area contributed by atoms with Gasteiger partial charge < -0.3 is 9.84 Å². The summed E-state index contributed by atoms with van der Waals surface area (Å²) in [6, 6.07) is 18.7. The van der Waals surface area contributed by atoms with Gasteiger partial charge in [-0.1, -0.05) is 54.6 Å². The van der Waals surface area contributed by atoms with Crippen LogP contribution in [0.15, 0.2) is 54.6 Å². The molecule has 0 amide bonds. The van der Waals surface area contributed by atoms with Gasteiger partial charge in [0.2, 0.25) is 0 Å². The highest BCUT2D eigenvalue weighted by molar-refractivity contribution is 5.80. The standard InChI is InChI=1S/C30H34N4O3/c1-5-24-18-34(16-22-8-6-7-9-28(22)37-24)17-23-14-21(11-10-19(23)2)26(15-29(35)36)25-12-13-27-30(20(25)3)31-32-33(27)4/h6-14,24,26H,5,15-18H2,1-4H3,(H,35,36). The summed E-state index contributed by atoms with van der Waals surface area (Å²) in [5.74, 6) is -0.128. The summed E-state index contributed by atoms with van der Waals surface area (Å²) in [7, 11) is 1.87. The van der Waals surface area contributed by atoms with Gasteiger partial charge in [-0.05, 0) is 60.2 Å². The first-order valence-corrected chi connectivity index (χ1v) is 12.9. The fraction of sp³-hybridized carbons (Fsp3) is 0.367. The molecule has 7 nitrogen and oxygen atoms in total. The number of carbonyl (C=O) groups is 1. The van der Waals surface area contributed by atoms with Crippen LogP contribution in [0.3, 0.4) is 0 Å². The molecule has 0 radical (unpaired) electrons. The number of carboxylic acid groups (broad SMARTS) is 1. The highest BCUT2D eigenvalue weighted by atomic mass is 16.5. The van der Waals surface area contributed by atoms with Crippen molar-refractivity contribution in [1.82, 2.24) is 19.9 Å². The average molecular weight is 499 g/mol. The molecule has 0 saturated carbocycles. The Hall–Kier alpha value is -3.71. The number of aliphatic carboxylic acids is 1. The number of hydrogen-bond donors (Lipinski definition) is 1. The van der Waals surface area contributed by atoms with E-state index in [4.69, 9.17) is 4.74 Å². The second kappa shape index (κ2) is 10.3. The minimum absolute atomic E-state index is 0.0119. The van der Waals surface area contributed by atoms with Crippen molar-refractivity contribution >= 4 is 17.0 Å². The summed E-state index contributed by atoms with van der Waals surface area (Å²) in [4.78, 5) is 14.4. The first-order valence-electron chi connectivity index (χ1n) is 12.9. The zero-order chi connectivity index (χ0) is 26.1. The quantitative estimate of drug-likeness (QED) is 0.369. The van der Waals surface area contributed by atoms with Gasteiger partial charge >= 0.3 is 5.97 Å². The zero-order valence-corrected chi connectivity index (χ0v) is 21.9. The predicted molar refractivity (Wildman–Crippen MR) is 144 cm³/mol. The molecule has 3 aromatic carbocycles. The molecule has 2 unspecified atom stereocenters. The number of fused-ring (bicyclic) bond motifs is 2. The van der Waals surface area contributed by atoms with Gasteiger partial charge in [-0.2, -0.15) is 0 Å². The number of benzene rings is 3. The Labute approximate surface area is 217 Å². The monoisotopic (exact) mass is 498 g/mol. The molecule has 2 atom stereocenters. The Morgan fingerprint density at radius 3 is 2.76 bits per heavy atom. The minimum Gasteiger partial charge on any atom is -0.489 e. The average Bonchev–Trinajstić information content (AvgIpc) is 3.16. The lowest BCUT2D eigenvalue weighted by Gasteiger charge is -2.25. The van der Waals surface area contributed by atoms with Gasteiger partial charge in [-0.25, -0.2) is 4.68 Å². The molecule has 192 valence electrons. The third-order valence-corrected chi connectivity index (χ3v) is 7.58. The van der Waals surface area contributed by atoms with Gasteiger partial charge in [0.1, 0.15) is 17.4 Å². The van der Waals surface area contributed by atoms with Gasteiger partial charge in [-0.3, -0.25) is 9.69 Å². The van der Waals surface area contributed by atoms with E-state index in [1.165, 1.54) is 16.7 Å². The normalized spacial score (nSPS) is 16.7. The molecule has 0 aliphatic carbocycles. The van der Waals surface area contributed by atoms with Gasteiger partial charge in [0.15, 0.2) is 0 Å². The molecule has 37 heavy (non-hydrogen) atoms. The van der Waals surface area contributed by atoms with E-state index >= 15 is 0 Å². The largest absolute Gasteiger partial charge is 0.489 e. The first kappa shape index (κ1) is 25.0. The molecule has 0 fully saturated rings. The summed E-state index contributed by atoms with van der Waals surface area (Å²) >= 11 is 0. The summed E-state index contributed by atoms with van der Waals surface area (Å²) in [5.41, 5.74) is 8.33. The van der Waals surface area contributed by atoms with Crippen molar-refractivity contribution in [3.8, 4) is 5.75 Å². The van der Waals surface area contributed by atoms with Crippen LogP contribution in [0.4, 0.5) is 0 Å². The van der Waals surface area contributed by atoms with E-state index in [1.807, 2.05) is 32.2 Å². The lowest BCUT2D eigenvalue weighted by atomic mass is 9.84. The minimum atomic E-state index is -0.821. The van der Waals surface area contributed by atoms with Crippen LogP contribution in [0.1, 0.15) is 59.1 Å². The number of carboxylic acids is 1. The fourth-order valence-electron chi connectivity index (χ4n) is 5.42. The number of aryl methyl sites for hydroxylation is 3. The Bertz CT molecular complexity index is 1440. The molecule has 4 aromatic rings. The van der Waals surface area contributed by atoms with E-state index in [-0.39, 0.29) is 18.4 Å². The summed E-state index contributed by atoms with van der Waals surface area (Å²) in [6.45, 7) is 8.73. The maximum Gasteiger partial charge on any atom is 0.304 e. The molecule has 7 heteroatoms. The molecule has 2 heterocycles. The number of hydrogen-bond acceptors (Lipinski definition) is 5. The van der Waals surface area contributed by atoms with Crippen LogP contribution in [0.2, 0.25) is 0 Å². The van der Waals surface area contributed by atoms with Gasteiger partial charge in [-0.15, -0.1) is 5.10 Å². The van der Waals surface area contributed by atoms with E-state index in [9.17, 15) is 9.90 Å². The molecular weight excluding hydrogens is 464 g/mol. The van der Waals surface area contributed by atoms with Crippen LogP contribution in [0.25, 0.3) is 11.0 Å². The van der Waals surface area contributed by atoms with Crippen LogP contribution in [-0.4, -0.2) is 43.6 Å². The van der Waals surface area contributed by atoms with Crippen molar-refractivity contribution < 1.29 is 14.6 Å². The molecule has 1 aromatic heterocycles. The van der Waals surface area contributed by atoms with Crippen molar-refractivity contribution in [2.75, 3.05) is 6.54 Å². The Morgan fingerprint density at radius 1 is 1.16 bits per heavy atom. The molecule has 0 spiro atoms. The van der Waals surface area contributed by atoms with E-state index in [1.54, 1.807) is 4.68 Å². The van der Waals surface area contributed by atoms with Crippen LogP contribution in [0, 0.1) is 13.8 Å². The SMILES string of the molecule is CCC1CN(Cc2cc(C(CC(=O)O)c3ccc4c(nnn4C)c3C)ccc2C)Cc2ccccc2O1. The topological polar surface area (TPSA) is 80.5 Å². The third kappa shape index (κ3) is 5.09. The van der Waals surface area contributed by atoms with Crippen LogP contribution >= 0.6 is 0 Å². The first-order chi connectivity index (χ1) is 17.8. The predicted octanol–water partition coefficient (Wildman–Crippen LogP) is 5.36. The van der Waals surface area contributed by atoms with Crippen molar-refractivity contribution in [2.24, 2.45) is 7.05 Å². The Balaban J connectivity index is 1.50. The molecule has 1 N–H and O–H groups in total. The van der Waals surface area contributed by atoms with Gasteiger partial charge in [0.05, 0.1) is 11.9 Å². The van der Waals surface area contributed by atoms with Crippen molar-refractivity contribution in [3.63, 3.8) is 0 Å². The van der Waals surface area contributed by atoms with E-state index in [0.29, 0.717) is 0 Å². The van der Waals surface area contributed by atoms with Crippen molar-refractivity contribution in [2.45, 2.75) is 58.7 Å². The maximum atomic E-state index is 12.0. The third-order valence-electron chi connectivity index (χ3n) is 7.58. The number of para-hydroxylation sites is 1. The second-order valence-corrected chi connectivity index (χ2v) is 10.1. The summed E-state index contributed by atoms with van der Waals surface area (Å²) < 4.78 is 8.04. The molecule has 5 rings (SSSR count). The number of ether oxygens (including phenoxy) is 1. The van der Waals surface area contributed by atoms with Crippen LogP contribution < -0.4 is 4.74 Å². The molecule has 0 bridgehead atoms. The van der Waals surface area contributed by atoms with E-state index in [0.717, 1.165) is 59.5 Å². The summed E-state index contributed by atoms with van der Waals surface area (Å²) in [6.07, 6.45) is 1.08. The van der Waals surface area contributed by atoms with E-state index < -0.39 is 5.97 Å². The maximum absolute atomic E-state index is 12.0. The lowest BCUT2D eigenvalue weighted by Crippen LogP contribution is -2.32. The second-order valence-electron chi connectivity index (χ2n) is 10.1. The highest BCUT2D eigenvalue weighted by Gasteiger charge is 2.25. The lowest BCUT2D eigenvalue weighted by molar-refractivity contribution is -0.137. The molecule has 1 aliphatic heterocycles. The van der Waals surface area contributed by atoms with Gasteiger partial charge in [0.25, 0.3) is 0 Å². The number of rotatable bonds is 7. The van der Waals surface area contributed by atoms with Crippen molar-refractivity contribution in [3.05, 3.63) is 88.0 Å². The van der Waals surface area contributed by atoms with Crippen molar-refractivity contribution in [1.29, 1.82) is 0 Å². The highest BCUT2D eigenvalue weighted by Crippen LogP contribution is 2.35. The smallest absolute Gasteiger partial charge is 0.304 e. The zero-order valence-electron chi connectivity index (χ0n) is 21.9. The fourth-order valence-corrected chi connectivity index (χ4v) is 5.42. The molecule has 0 saturated heterocycles.